The van der Waals surface area contributed by atoms with Crippen molar-refractivity contribution in [3.05, 3.63) is 113 Å². The number of aliphatic hydroxyl groups is 2. The standard InChI is InChI=1S/C40H44N4O10/c1-24(46)31(36(48)41-20-21-45)42-38(50)39-22-29-32-33(53-40(52-32,27-10-6-4-7-11-27)28-12-8-5-9-13-28)35(39)54-44(34(39)37(49)51-29)23-26-16-14-25(15-17-26)18-19-30(47)43(2)3/h4-19,24,29,31-35,45-46H,20-23H2,1-3H3,(H,41,48)(H,42,50). The van der Waals surface area contributed by atoms with E-state index in [1.807, 2.05) is 84.9 Å². The number of esters is 1. The molecule has 3 aromatic carbocycles. The Morgan fingerprint density at radius 1 is 0.963 bits per heavy atom. The molecule has 284 valence electrons. The summed E-state index contributed by atoms with van der Waals surface area (Å²) in [5.74, 6) is -3.71. The van der Waals surface area contributed by atoms with Gasteiger partial charge in [0.25, 0.3) is 0 Å². The number of nitrogens with zero attached hydrogens (tertiary/aromatic N) is 2. The Labute approximate surface area is 312 Å². The summed E-state index contributed by atoms with van der Waals surface area (Å²) in [7, 11) is 3.33. The number of carbonyl (C=O) groups excluding carboxylic acids is 4. The van der Waals surface area contributed by atoms with Gasteiger partial charge in [-0.1, -0.05) is 84.9 Å². The predicted octanol–water partition coefficient (Wildman–Crippen LogP) is 1.25. The summed E-state index contributed by atoms with van der Waals surface area (Å²) in [5.41, 5.74) is 1.25. The van der Waals surface area contributed by atoms with Crippen LogP contribution in [0.3, 0.4) is 0 Å². The van der Waals surface area contributed by atoms with Gasteiger partial charge in [0.15, 0.2) is 6.04 Å². The molecule has 8 atom stereocenters. The van der Waals surface area contributed by atoms with Crippen LogP contribution in [-0.4, -0.2) is 114 Å². The van der Waals surface area contributed by atoms with E-state index in [1.54, 1.807) is 20.2 Å². The summed E-state index contributed by atoms with van der Waals surface area (Å²) in [4.78, 5) is 62.4. The van der Waals surface area contributed by atoms with Crippen LogP contribution in [0.25, 0.3) is 6.08 Å². The number of amides is 3. The van der Waals surface area contributed by atoms with Crippen molar-refractivity contribution in [2.75, 3.05) is 27.2 Å². The van der Waals surface area contributed by atoms with E-state index in [9.17, 15) is 29.4 Å². The highest BCUT2D eigenvalue weighted by atomic mass is 16.8. The molecule has 7 rings (SSSR count). The van der Waals surface area contributed by atoms with E-state index in [1.165, 1.54) is 23.0 Å². The summed E-state index contributed by atoms with van der Waals surface area (Å²) in [6, 6.07) is 23.4. The van der Waals surface area contributed by atoms with E-state index in [-0.39, 0.29) is 32.0 Å². The topological polar surface area (TPSA) is 176 Å². The quantitative estimate of drug-likeness (QED) is 0.155. The van der Waals surface area contributed by atoms with Gasteiger partial charge in [-0.3, -0.25) is 24.0 Å². The molecule has 0 radical (unpaired) electrons. The molecule has 3 saturated heterocycles. The van der Waals surface area contributed by atoms with Crippen LogP contribution in [-0.2, 0) is 50.6 Å². The van der Waals surface area contributed by atoms with E-state index in [0.29, 0.717) is 11.1 Å². The van der Waals surface area contributed by atoms with E-state index >= 15 is 0 Å². The lowest BCUT2D eigenvalue weighted by Crippen LogP contribution is -2.71. The monoisotopic (exact) mass is 740 g/mol. The van der Waals surface area contributed by atoms with Crippen molar-refractivity contribution in [1.29, 1.82) is 0 Å². The Hall–Kier alpha value is -4.96. The van der Waals surface area contributed by atoms with Crippen molar-refractivity contribution in [1.82, 2.24) is 20.6 Å². The van der Waals surface area contributed by atoms with Gasteiger partial charge >= 0.3 is 5.97 Å². The summed E-state index contributed by atoms with van der Waals surface area (Å²) in [6.07, 6.45) is -1.99. The molecule has 4 fully saturated rings. The molecule has 0 aromatic heterocycles. The zero-order valence-electron chi connectivity index (χ0n) is 30.2. The molecule has 3 aromatic rings. The predicted molar refractivity (Wildman–Crippen MR) is 192 cm³/mol. The van der Waals surface area contributed by atoms with Crippen LogP contribution in [0.15, 0.2) is 91.0 Å². The summed E-state index contributed by atoms with van der Waals surface area (Å²) in [6.45, 7) is 1.00. The molecule has 1 saturated carbocycles. The third kappa shape index (κ3) is 6.59. The van der Waals surface area contributed by atoms with Gasteiger partial charge in [-0.05, 0) is 24.1 Å². The fourth-order valence-corrected chi connectivity index (χ4v) is 7.89. The molecule has 14 heteroatoms. The van der Waals surface area contributed by atoms with Gasteiger partial charge in [0.2, 0.25) is 23.5 Å². The van der Waals surface area contributed by atoms with Gasteiger partial charge in [0, 0.05) is 44.3 Å². The number of carbonyl (C=O) groups is 4. The Morgan fingerprint density at radius 2 is 1.59 bits per heavy atom. The molecule has 4 N–H and O–H groups in total. The van der Waals surface area contributed by atoms with Gasteiger partial charge in [0.1, 0.15) is 35.9 Å². The number of hydrogen-bond donors (Lipinski definition) is 4. The van der Waals surface area contributed by atoms with Crippen molar-refractivity contribution in [3.63, 3.8) is 0 Å². The Morgan fingerprint density at radius 3 is 2.19 bits per heavy atom. The zero-order chi connectivity index (χ0) is 38.2. The van der Waals surface area contributed by atoms with Crippen LogP contribution in [0.2, 0.25) is 0 Å². The van der Waals surface area contributed by atoms with Crippen LogP contribution in [0, 0.1) is 5.41 Å². The second kappa shape index (κ2) is 15.1. The number of nitrogens with one attached hydrogen (secondary N) is 2. The van der Waals surface area contributed by atoms with Crippen LogP contribution in [0.5, 0.6) is 0 Å². The van der Waals surface area contributed by atoms with Crippen molar-refractivity contribution in [2.24, 2.45) is 5.41 Å². The van der Waals surface area contributed by atoms with E-state index in [2.05, 4.69) is 10.6 Å². The minimum absolute atomic E-state index is 0.0188. The first kappa shape index (κ1) is 37.4. The average Bonchev–Trinajstić information content (AvgIpc) is 3.76. The first-order valence-electron chi connectivity index (χ1n) is 17.9. The highest BCUT2D eigenvalue weighted by molar-refractivity contribution is 5.96. The zero-order valence-corrected chi connectivity index (χ0v) is 30.2. The SMILES string of the molecule is CC(O)C(NC(=O)C12CC3OC(=O)C1N(Cc1ccc(C=CC(=O)N(C)C)cc1)OC2C1OC(c2ccccc2)(c2ccccc2)OC31)C(=O)NCCO. The van der Waals surface area contributed by atoms with E-state index in [0.717, 1.165) is 11.1 Å². The molecule has 1 aliphatic carbocycles. The minimum atomic E-state index is -1.65. The molecule has 0 spiro atoms. The molecule has 3 aliphatic heterocycles. The van der Waals surface area contributed by atoms with Gasteiger partial charge in [0.05, 0.1) is 19.3 Å². The van der Waals surface area contributed by atoms with E-state index in [4.69, 9.17) is 19.0 Å². The molecular weight excluding hydrogens is 696 g/mol. The molecule has 2 bridgehead atoms. The number of hydroxylamine groups is 2. The average molecular weight is 741 g/mol. The maximum Gasteiger partial charge on any atom is 0.327 e. The first-order chi connectivity index (χ1) is 26.0. The lowest BCUT2D eigenvalue weighted by Gasteiger charge is -2.49. The lowest BCUT2D eigenvalue weighted by molar-refractivity contribution is -0.213. The number of hydrogen-bond acceptors (Lipinski definition) is 11. The number of ether oxygens (including phenoxy) is 3. The molecular formula is C40H44N4O10. The molecule has 8 unspecified atom stereocenters. The second-order valence-corrected chi connectivity index (χ2v) is 14.3. The van der Waals surface area contributed by atoms with Crippen LogP contribution in [0.1, 0.15) is 35.6 Å². The molecule has 14 nitrogen and oxygen atoms in total. The van der Waals surface area contributed by atoms with E-state index < -0.39 is 71.6 Å². The Kier molecular flexibility index (Phi) is 10.4. The maximum absolute atomic E-state index is 14.8. The lowest BCUT2D eigenvalue weighted by atomic mass is 9.62. The Balaban J connectivity index is 1.27. The summed E-state index contributed by atoms with van der Waals surface area (Å²) < 4.78 is 20.0. The Bertz CT molecular complexity index is 1850. The molecule has 3 amide bonds. The third-order valence-corrected chi connectivity index (χ3v) is 10.5. The van der Waals surface area contributed by atoms with Crippen molar-refractivity contribution in [2.45, 2.75) is 68.3 Å². The fourth-order valence-electron chi connectivity index (χ4n) is 7.89. The van der Waals surface area contributed by atoms with Crippen LogP contribution >= 0.6 is 0 Å². The largest absolute Gasteiger partial charge is 0.458 e. The highest BCUT2D eigenvalue weighted by Crippen LogP contribution is 2.59. The minimum Gasteiger partial charge on any atom is -0.458 e. The van der Waals surface area contributed by atoms with Gasteiger partial charge in [-0.15, -0.1) is 0 Å². The normalized spacial score (nSPS) is 27.8. The van der Waals surface area contributed by atoms with Gasteiger partial charge < -0.3 is 40.0 Å². The summed E-state index contributed by atoms with van der Waals surface area (Å²) >= 11 is 0. The molecule has 3 heterocycles. The van der Waals surface area contributed by atoms with Crippen LogP contribution in [0.4, 0.5) is 0 Å². The number of rotatable bonds is 12. The van der Waals surface area contributed by atoms with Gasteiger partial charge in [-0.25, -0.2) is 0 Å². The molecule has 54 heavy (non-hydrogen) atoms. The smallest absolute Gasteiger partial charge is 0.327 e. The van der Waals surface area contributed by atoms with Crippen molar-refractivity contribution in [3.8, 4) is 0 Å². The number of benzene rings is 3. The van der Waals surface area contributed by atoms with Crippen LogP contribution < -0.4 is 10.6 Å². The highest BCUT2D eigenvalue weighted by Gasteiger charge is 2.76. The maximum atomic E-state index is 14.8. The second-order valence-electron chi connectivity index (χ2n) is 14.3. The number of fused-ring (bicyclic) bond motifs is 4. The summed E-state index contributed by atoms with van der Waals surface area (Å²) in [5, 5.41) is 26.6. The third-order valence-electron chi connectivity index (χ3n) is 10.5. The number of likely N-dealkylation sites (N-methyl/N-ethyl adjacent to an activating group) is 1. The number of aliphatic hydroxyl groups excluding tert-OH is 2. The fraction of sp³-hybridized carbons (Fsp3) is 0.400. The molecule has 4 aliphatic rings. The van der Waals surface area contributed by atoms with Crippen molar-refractivity contribution < 1.29 is 48.4 Å². The first-order valence-corrected chi connectivity index (χ1v) is 17.9. The van der Waals surface area contributed by atoms with Gasteiger partial charge in [-0.2, -0.15) is 5.06 Å². The van der Waals surface area contributed by atoms with Crippen molar-refractivity contribution >= 4 is 29.8 Å².